The van der Waals surface area contributed by atoms with Crippen LogP contribution in [0, 0.1) is 24.7 Å². The number of hydrogen-bond acceptors (Lipinski definition) is 1. The third-order valence-electron chi connectivity index (χ3n) is 6.14. The van der Waals surface area contributed by atoms with Gasteiger partial charge in [-0.25, -0.2) is 13.8 Å². The molecule has 0 amide bonds. The summed E-state index contributed by atoms with van der Waals surface area (Å²) in [7, 11) is 1.80. The second-order valence-electron chi connectivity index (χ2n) is 9.99. The summed E-state index contributed by atoms with van der Waals surface area (Å²) in [6.07, 6.45) is -0.322. The van der Waals surface area contributed by atoms with Crippen LogP contribution < -0.4 is 4.57 Å². The van der Waals surface area contributed by atoms with Crippen LogP contribution >= 0.6 is 0 Å². The van der Waals surface area contributed by atoms with Crippen LogP contribution in [0.2, 0.25) is 0 Å². The van der Waals surface area contributed by atoms with Gasteiger partial charge < -0.3 is 4.42 Å². The van der Waals surface area contributed by atoms with Crippen LogP contribution in [0.15, 0.2) is 71.3 Å². The van der Waals surface area contributed by atoms with E-state index in [1.807, 2.05) is 61.5 Å². The number of furan rings is 1. The van der Waals surface area contributed by atoms with Crippen LogP contribution in [-0.4, -0.2) is 0 Å². The van der Waals surface area contributed by atoms with Gasteiger partial charge in [-0.1, -0.05) is 63.2 Å². The van der Waals surface area contributed by atoms with Gasteiger partial charge in [0.25, 0.3) is 0 Å². The van der Waals surface area contributed by atoms with Gasteiger partial charge in [0.15, 0.2) is 11.9 Å². The van der Waals surface area contributed by atoms with Crippen LogP contribution in [-0.2, 0) is 13.4 Å². The summed E-state index contributed by atoms with van der Waals surface area (Å²) in [6, 6.07) is 18.8. The topological polar surface area (TPSA) is 21.4 Å². The Morgan fingerprint density at radius 3 is 2.46 bits per heavy atom. The molecule has 0 fully saturated rings. The third-order valence-corrected chi connectivity index (χ3v) is 6.14. The number of halogens is 1. The Balaban J connectivity index is 1.82. The average molecular weight is 466 g/mol. The molecule has 174 valence electrons. The highest BCUT2D eigenvalue weighted by atomic mass is 19.1. The predicted octanol–water partition coefficient (Wildman–Crippen LogP) is 8.33. The maximum absolute atomic E-state index is 15.5. The van der Waals surface area contributed by atoms with E-state index in [2.05, 4.69) is 4.85 Å². The van der Waals surface area contributed by atoms with E-state index in [1.54, 1.807) is 38.6 Å². The maximum Gasteiger partial charge on any atom is 0.219 e. The first kappa shape index (κ1) is 20.4. The van der Waals surface area contributed by atoms with Crippen LogP contribution in [0.3, 0.4) is 0 Å². The van der Waals surface area contributed by atoms with Crippen molar-refractivity contribution in [2.24, 2.45) is 12.5 Å². The number of aryl methyl sites for hydroxylation is 2. The summed E-state index contributed by atoms with van der Waals surface area (Å²) in [6.45, 7) is 14.9. The van der Waals surface area contributed by atoms with Gasteiger partial charge >= 0.3 is 0 Å². The Labute approximate surface area is 208 Å². The van der Waals surface area contributed by atoms with Crippen molar-refractivity contribution in [1.82, 2.24) is 0 Å². The van der Waals surface area contributed by atoms with Gasteiger partial charge in [0.2, 0.25) is 5.69 Å². The Kier molecular flexibility index (Phi) is 4.87. The van der Waals surface area contributed by atoms with E-state index in [0.717, 1.165) is 33.0 Å². The lowest BCUT2D eigenvalue weighted by atomic mass is 9.88. The zero-order valence-electron chi connectivity index (χ0n) is 22.5. The Bertz CT molecular complexity index is 1720. The van der Waals surface area contributed by atoms with Gasteiger partial charge in [-0.15, -0.1) is 0 Å². The molecule has 0 spiro atoms. The molecule has 0 saturated heterocycles. The molecule has 5 rings (SSSR count). The van der Waals surface area contributed by atoms with E-state index in [1.165, 1.54) is 6.07 Å². The minimum Gasteiger partial charge on any atom is -0.455 e. The molecule has 0 aliphatic carbocycles. The quantitative estimate of drug-likeness (QED) is 0.194. The van der Waals surface area contributed by atoms with Crippen molar-refractivity contribution in [3.8, 4) is 22.4 Å². The Morgan fingerprint density at radius 1 is 1.03 bits per heavy atom. The van der Waals surface area contributed by atoms with Crippen LogP contribution in [0.25, 0.3) is 49.2 Å². The fourth-order valence-electron chi connectivity index (χ4n) is 4.61. The SMILES string of the molecule is [2H]C([2H])(c1c[n+](C)c(-c2c(C)ccc3c2oc2c(-c4ccccc4)cc([N+]#[C-])cc23)cc1F)C(C)(C)C. The van der Waals surface area contributed by atoms with Crippen molar-refractivity contribution in [1.29, 1.82) is 0 Å². The first-order chi connectivity index (χ1) is 17.4. The lowest BCUT2D eigenvalue weighted by molar-refractivity contribution is -0.661. The first-order valence-corrected chi connectivity index (χ1v) is 11.6. The minimum absolute atomic E-state index is 0.0220. The molecule has 2 heterocycles. The summed E-state index contributed by atoms with van der Waals surface area (Å²) in [4.78, 5) is 3.69. The molecule has 0 unspecified atom stereocenters. The zero-order chi connectivity index (χ0) is 26.7. The highest BCUT2D eigenvalue weighted by Crippen LogP contribution is 2.42. The Morgan fingerprint density at radius 2 is 1.77 bits per heavy atom. The molecule has 0 atom stereocenters. The summed E-state index contributed by atoms with van der Waals surface area (Å²) < 4.78 is 41.0. The lowest BCUT2D eigenvalue weighted by Gasteiger charge is -2.18. The molecule has 5 aromatic rings. The van der Waals surface area contributed by atoms with E-state index >= 15 is 4.39 Å². The van der Waals surface area contributed by atoms with Crippen molar-refractivity contribution in [2.75, 3.05) is 0 Å². The number of aromatic nitrogens is 1. The molecule has 2 aromatic heterocycles. The lowest BCUT2D eigenvalue weighted by Crippen LogP contribution is -2.33. The molecule has 35 heavy (non-hydrogen) atoms. The number of hydrogen-bond donors (Lipinski definition) is 0. The molecule has 0 aliphatic rings. The molecular weight excluding hydrogens is 435 g/mol. The second-order valence-corrected chi connectivity index (χ2v) is 9.99. The van der Waals surface area contributed by atoms with Crippen molar-refractivity contribution >= 4 is 27.6 Å². The fraction of sp³-hybridized carbons (Fsp3) is 0.226. The molecule has 0 bridgehead atoms. The van der Waals surface area contributed by atoms with Gasteiger partial charge in [0.1, 0.15) is 24.0 Å². The Hall–Kier alpha value is -3.97. The van der Waals surface area contributed by atoms with E-state index < -0.39 is 17.6 Å². The molecular formula is C31H28FN2O+. The number of fused-ring (bicyclic) bond motifs is 3. The average Bonchev–Trinajstić information content (AvgIpc) is 3.23. The molecule has 3 aromatic carbocycles. The van der Waals surface area contributed by atoms with Gasteiger partial charge in [0, 0.05) is 25.1 Å². The highest BCUT2D eigenvalue weighted by molar-refractivity contribution is 6.14. The van der Waals surface area contributed by atoms with Crippen LogP contribution in [0.5, 0.6) is 0 Å². The standard InChI is InChI=1S/C31H28FN2O/c1-19-12-13-23-25-15-22(33-5)14-24(20-10-8-7-9-11-20)29(25)35-30(23)28(19)27-16-26(32)21(18-34(27)6)17-31(2,3)4/h7-16,18H,17H2,1-4,6H3/q+1/i17D2. The van der Waals surface area contributed by atoms with Crippen molar-refractivity contribution in [3.05, 3.63) is 95.2 Å². The fourth-order valence-corrected chi connectivity index (χ4v) is 4.61. The predicted molar refractivity (Wildman–Crippen MR) is 140 cm³/mol. The molecule has 4 heteroatoms. The highest BCUT2D eigenvalue weighted by Gasteiger charge is 2.25. The number of nitrogens with zero attached hydrogens (tertiary/aromatic N) is 2. The summed E-state index contributed by atoms with van der Waals surface area (Å²) in [5, 5.41) is 1.67. The number of rotatable bonds is 3. The number of pyridine rings is 1. The van der Waals surface area contributed by atoms with Crippen molar-refractivity contribution in [2.45, 2.75) is 34.1 Å². The van der Waals surface area contributed by atoms with Gasteiger partial charge in [-0.2, -0.15) is 0 Å². The second kappa shape index (κ2) is 8.36. The monoisotopic (exact) mass is 465 g/mol. The molecule has 0 N–H and O–H groups in total. The van der Waals surface area contributed by atoms with Gasteiger partial charge in [0.05, 0.1) is 17.7 Å². The molecule has 0 radical (unpaired) electrons. The van der Waals surface area contributed by atoms with Crippen LogP contribution in [0.1, 0.15) is 34.6 Å². The maximum atomic E-state index is 15.5. The zero-order valence-corrected chi connectivity index (χ0v) is 20.5. The summed E-state index contributed by atoms with van der Waals surface area (Å²) >= 11 is 0. The van der Waals surface area contributed by atoms with Gasteiger partial charge in [-0.3, -0.25) is 0 Å². The van der Waals surface area contributed by atoms with E-state index in [-0.39, 0.29) is 5.56 Å². The van der Waals surface area contributed by atoms with E-state index in [9.17, 15) is 0 Å². The minimum atomic E-state index is -1.87. The number of benzene rings is 3. The smallest absolute Gasteiger partial charge is 0.219 e. The van der Waals surface area contributed by atoms with Crippen molar-refractivity contribution in [3.63, 3.8) is 0 Å². The van der Waals surface area contributed by atoms with E-state index in [4.69, 9.17) is 13.7 Å². The normalized spacial score (nSPS) is 13.1. The third kappa shape index (κ3) is 4.08. The summed E-state index contributed by atoms with van der Waals surface area (Å²) in [5.74, 6) is -0.596. The largest absolute Gasteiger partial charge is 0.455 e. The van der Waals surface area contributed by atoms with Gasteiger partial charge in [-0.05, 0) is 42.0 Å². The molecule has 0 aliphatic heterocycles. The van der Waals surface area contributed by atoms with Crippen LogP contribution in [0.4, 0.5) is 10.1 Å². The summed E-state index contributed by atoms with van der Waals surface area (Å²) in [5.41, 5.74) is 5.02. The van der Waals surface area contributed by atoms with Crippen molar-refractivity contribution < 1.29 is 16.1 Å². The molecule has 0 saturated carbocycles. The molecule has 3 nitrogen and oxygen atoms in total. The van der Waals surface area contributed by atoms with E-state index in [0.29, 0.717) is 22.5 Å². The first-order valence-electron chi connectivity index (χ1n) is 12.6.